The number of hydrogen-bond acceptors (Lipinski definition) is 7. The van der Waals surface area contributed by atoms with Crippen molar-refractivity contribution in [1.82, 2.24) is 10.4 Å². The summed E-state index contributed by atoms with van der Waals surface area (Å²) >= 11 is 17.3. The van der Waals surface area contributed by atoms with Gasteiger partial charge in [0.2, 0.25) is 0 Å². The highest BCUT2D eigenvalue weighted by molar-refractivity contribution is 9.10. The Morgan fingerprint density at radius 3 is 2.51 bits per heavy atom. The molecule has 4 aromatic carbocycles. The van der Waals surface area contributed by atoms with Gasteiger partial charge in [0.15, 0.2) is 16.6 Å². The van der Waals surface area contributed by atoms with Crippen molar-refractivity contribution in [3.05, 3.63) is 121 Å². The second-order valence-electron chi connectivity index (χ2n) is 9.35. The number of nitrogens with zero attached hydrogens (tertiary/aromatic N) is 2. The molecule has 0 aliphatic rings. The van der Waals surface area contributed by atoms with Crippen molar-refractivity contribution in [2.24, 2.45) is 5.10 Å². The molecule has 0 unspecified atom stereocenters. The molecule has 1 aromatic heterocycles. The lowest BCUT2D eigenvalue weighted by Crippen LogP contribution is -2.17. The summed E-state index contributed by atoms with van der Waals surface area (Å²) in [5.41, 5.74) is 8.42. The van der Waals surface area contributed by atoms with Crippen LogP contribution in [0, 0.1) is 6.92 Å². The molecule has 5 rings (SSSR count). The molecule has 0 aliphatic carbocycles. The Kier molecular flexibility index (Phi) is 9.99. The van der Waals surface area contributed by atoms with Crippen molar-refractivity contribution in [2.45, 2.75) is 13.5 Å². The fourth-order valence-corrected chi connectivity index (χ4v) is 5.59. The van der Waals surface area contributed by atoms with E-state index >= 15 is 0 Å². The number of aromatic nitrogens is 1. The number of rotatable bonds is 10. The van der Waals surface area contributed by atoms with Crippen molar-refractivity contribution in [2.75, 3.05) is 12.4 Å². The first-order valence-electron chi connectivity index (χ1n) is 13.0. The molecular formula is C32H25BrCl2N4O3S. The molecule has 0 fully saturated rings. The van der Waals surface area contributed by atoms with Crippen LogP contribution in [0.4, 0.5) is 10.8 Å². The summed E-state index contributed by atoms with van der Waals surface area (Å²) in [6.45, 7) is 2.28. The molecular weight excluding hydrogens is 671 g/mol. The van der Waals surface area contributed by atoms with E-state index in [-0.39, 0.29) is 12.5 Å². The van der Waals surface area contributed by atoms with Gasteiger partial charge in [0.25, 0.3) is 5.91 Å². The van der Waals surface area contributed by atoms with Crippen LogP contribution in [0.1, 0.15) is 27.0 Å². The standard InChI is InChI=1S/C32H25BrCl2N4O3S/c1-19-3-11-25(12-4-19)37-32-38-28(18-43-32)20-5-7-21(8-6-20)31(40)39-36-16-23-13-29(41-2)30(15-26(23)33)42-17-22-9-10-24(34)14-27(22)35/h3-16,18H,17H2,1-2H3,(H,37,38)(H,39,40)/b36-16-. The third-order valence-electron chi connectivity index (χ3n) is 6.30. The number of hydrogen-bond donors (Lipinski definition) is 2. The average Bonchev–Trinajstić information content (AvgIpc) is 3.47. The van der Waals surface area contributed by atoms with Gasteiger partial charge >= 0.3 is 0 Å². The maximum atomic E-state index is 12.7. The summed E-state index contributed by atoms with van der Waals surface area (Å²) in [5.74, 6) is 0.668. The number of thiazole rings is 1. The van der Waals surface area contributed by atoms with Crippen molar-refractivity contribution in [3.8, 4) is 22.8 Å². The van der Waals surface area contributed by atoms with Gasteiger partial charge in [-0.15, -0.1) is 11.3 Å². The molecule has 0 atom stereocenters. The molecule has 11 heteroatoms. The summed E-state index contributed by atoms with van der Waals surface area (Å²) in [4.78, 5) is 17.4. The van der Waals surface area contributed by atoms with Crippen molar-refractivity contribution < 1.29 is 14.3 Å². The quantitative estimate of drug-likeness (QED) is 0.112. The number of halogens is 3. The van der Waals surface area contributed by atoms with E-state index in [2.05, 4.69) is 43.7 Å². The number of carbonyl (C=O) groups is 1. The van der Waals surface area contributed by atoms with Gasteiger partial charge in [-0.1, -0.05) is 59.1 Å². The molecule has 7 nitrogen and oxygen atoms in total. The molecule has 0 aliphatic heterocycles. The number of benzene rings is 4. The third kappa shape index (κ3) is 7.94. The largest absolute Gasteiger partial charge is 0.493 e. The Morgan fingerprint density at radius 2 is 1.79 bits per heavy atom. The average molecular weight is 696 g/mol. The normalized spacial score (nSPS) is 11.0. The fraction of sp³-hybridized carbons (Fsp3) is 0.0938. The van der Waals surface area contributed by atoms with E-state index in [1.165, 1.54) is 23.1 Å². The predicted octanol–water partition coefficient (Wildman–Crippen LogP) is 9.28. The van der Waals surface area contributed by atoms with Crippen LogP contribution in [0.25, 0.3) is 11.3 Å². The molecule has 1 heterocycles. The van der Waals surface area contributed by atoms with Crippen molar-refractivity contribution in [3.63, 3.8) is 0 Å². The highest BCUT2D eigenvalue weighted by atomic mass is 79.9. The van der Waals surface area contributed by atoms with Crippen LogP contribution in [0.15, 0.2) is 93.8 Å². The minimum absolute atomic E-state index is 0.231. The monoisotopic (exact) mass is 694 g/mol. The zero-order chi connectivity index (χ0) is 30.3. The minimum atomic E-state index is -0.342. The molecule has 43 heavy (non-hydrogen) atoms. The number of carbonyl (C=O) groups excluding carboxylic acids is 1. The van der Waals surface area contributed by atoms with Gasteiger partial charge in [0, 0.05) is 47.8 Å². The first-order chi connectivity index (χ1) is 20.8. The van der Waals surface area contributed by atoms with E-state index in [1.54, 1.807) is 43.5 Å². The number of methoxy groups -OCH3 is 1. The smallest absolute Gasteiger partial charge is 0.271 e. The lowest BCUT2D eigenvalue weighted by Gasteiger charge is -2.13. The van der Waals surface area contributed by atoms with Gasteiger partial charge in [-0.25, -0.2) is 10.4 Å². The molecule has 218 valence electrons. The third-order valence-corrected chi connectivity index (χ3v) is 8.33. The Bertz CT molecular complexity index is 1780. The zero-order valence-electron chi connectivity index (χ0n) is 23.0. The summed E-state index contributed by atoms with van der Waals surface area (Å²) in [6.07, 6.45) is 1.52. The summed E-state index contributed by atoms with van der Waals surface area (Å²) in [7, 11) is 1.55. The first-order valence-corrected chi connectivity index (χ1v) is 15.4. The molecule has 0 bridgehead atoms. The lowest BCUT2D eigenvalue weighted by atomic mass is 10.1. The Morgan fingerprint density at radius 1 is 1.02 bits per heavy atom. The highest BCUT2D eigenvalue weighted by Gasteiger charge is 2.12. The van der Waals surface area contributed by atoms with Gasteiger partial charge in [0.05, 0.1) is 19.0 Å². The minimum Gasteiger partial charge on any atom is -0.493 e. The van der Waals surface area contributed by atoms with E-state index in [4.69, 9.17) is 32.7 Å². The Labute approximate surface area is 271 Å². The van der Waals surface area contributed by atoms with Gasteiger partial charge < -0.3 is 14.8 Å². The van der Waals surface area contributed by atoms with Crippen molar-refractivity contribution in [1.29, 1.82) is 0 Å². The zero-order valence-corrected chi connectivity index (χ0v) is 26.9. The van der Waals surface area contributed by atoms with E-state index < -0.39 is 0 Å². The maximum absolute atomic E-state index is 12.7. The molecule has 0 spiro atoms. The van der Waals surface area contributed by atoms with Crippen LogP contribution in [0.2, 0.25) is 10.0 Å². The molecule has 1 amide bonds. The number of nitrogens with one attached hydrogen (secondary N) is 2. The summed E-state index contributed by atoms with van der Waals surface area (Å²) < 4.78 is 12.1. The second kappa shape index (κ2) is 14.1. The molecule has 5 aromatic rings. The molecule has 0 radical (unpaired) electrons. The summed E-state index contributed by atoms with van der Waals surface area (Å²) in [6, 6.07) is 24.1. The van der Waals surface area contributed by atoms with E-state index in [0.717, 1.165) is 27.6 Å². The Balaban J connectivity index is 1.19. The van der Waals surface area contributed by atoms with Crippen LogP contribution in [0.5, 0.6) is 11.5 Å². The van der Waals surface area contributed by atoms with Crippen LogP contribution < -0.4 is 20.2 Å². The number of anilines is 2. The second-order valence-corrected chi connectivity index (χ2v) is 11.9. The number of ether oxygens (including phenoxy) is 2. The number of hydrazone groups is 1. The lowest BCUT2D eigenvalue weighted by molar-refractivity contribution is 0.0955. The fourth-order valence-electron chi connectivity index (χ4n) is 3.96. The topological polar surface area (TPSA) is 84.8 Å². The van der Waals surface area contributed by atoms with E-state index in [0.29, 0.717) is 37.1 Å². The summed E-state index contributed by atoms with van der Waals surface area (Å²) in [5, 5.41) is 11.3. The van der Waals surface area contributed by atoms with E-state index in [1.807, 2.05) is 47.8 Å². The van der Waals surface area contributed by atoms with Crippen LogP contribution >= 0.6 is 50.5 Å². The predicted molar refractivity (Wildman–Crippen MR) is 179 cm³/mol. The maximum Gasteiger partial charge on any atom is 0.271 e. The van der Waals surface area contributed by atoms with Gasteiger partial charge in [-0.2, -0.15) is 5.10 Å². The van der Waals surface area contributed by atoms with Gasteiger partial charge in [-0.05, 0) is 71.4 Å². The highest BCUT2D eigenvalue weighted by Crippen LogP contribution is 2.34. The first kappa shape index (κ1) is 30.6. The van der Waals surface area contributed by atoms with Gasteiger partial charge in [0.1, 0.15) is 6.61 Å². The van der Waals surface area contributed by atoms with Crippen LogP contribution in [-0.2, 0) is 6.61 Å². The number of aryl methyl sites for hydroxylation is 1. The molecule has 2 N–H and O–H groups in total. The molecule has 0 saturated heterocycles. The SMILES string of the molecule is COc1cc(/C=N\NC(=O)c2ccc(-c3csc(Nc4ccc(C)cc4)n3)cc2)c(Br)cc1OCc1ccc(Cl)cc1Cl. The van der Waals surface area contributed by atoms with Gasteiger partial charge in [-0.3, -0.25) is 4.79 Å². The number of amides is 1. The molecule has 0 saturated carbocycles. The van der Waals surface area contributed by atoms with Crippen molar-refractivity contribution >= 4 is 73.4 Å². The van der Waals surface area contributed by atoms with Crippen LogP contribution in [0.3, 0.4) is 0 Å². The van der Waals surface area contributed by atoms with E-state index in [9.17, 15) is 4.79 Å². The Hall–Kier alpha value is -3.89. The van der Waals surface area contributed by atoms with Crippen LogP contribution in [-0.4, -0.2) is 24.2 Å².